The number of hydrogen-bond donors (Lipinski definition) is 1. The average molecular weight is 322 g/mol. The van der Waals surface area contributed by atoms with Gasteiger partial charge in [-0.3, -0.25) is 4.79 Å². The highest BCUT2D eigenvalue weighted by Gasteiger charge is 2.22. The molecule has 6 heteroatoms. The maximum absolute atomic E-state index is 11.6. The van der Waals surface area contributed by atoms with Gasteiger partial charge in [-0.05, 0) is 36.4 Å². The molecule has 0 unspecified atom stereocenters. The van der Waals surface area contributed by atoms with Crippen LogP contribution in [0.1, 0.15) is 5.76 Å². The molecule has 1 amide bonds. The number of nitrogens with one attached hydrogen (secondary N) is 1. The summed E-state index contributed by atoms with van der Waals surface area (Å²) >= 11 is 12.0. The van der Waals surface area contributed by atoms with E-state index in [9.17, 15) is 4.79 Å². The van der Waals surface area contributed by atoms with Crippen LogP contribution in [0.25, 0.3) is 17.4 Å². The lowest BCUT2D eigenvalue weighted by Gasteiger charge is -1.96. The van der Waals surface area contributed by atoms with Crippen molar-refractivity contribution in [2.75, 3.05) is 0 Å². The van der Waals surface area contributed by atoms with Gasteiger partial charge in [0.1, 0.15) is 15.8 Å². The van der Waals surface area contributed by atoms with E-state index in [1.807, 2.05) is 24.3 Å². The third kappa shape index (κ3) is 2.80. The van der Waals surface area contributed by atoms with Crippen molar-refractivity contribution in [3.05, 3.63) is 52.1 Å². The van der Waals surface area contributed by atoms with Gasteiger partial charge in [-0.1, -0.05) is 35.6 Å². The Balaban J connectivity index is 1.87. The molecule has 1 saturated heterocycles. The molecule has 1 N–H and O–H groups in total. The molecule has 0 aliphatic carbocycles. The van der Waals surface area contributed by atoms with Crippen LogP contribution in [0, 0.1) is 0 Å². The van der Waals surface area contributed by atoms with Gasteiger partial charge in [0.15, 0.2) is 0 Å². The van der Waals surface area contributed by atoms with Crippen LogP contribution in [0.15, 0.2) is 45.7 Å². The molecule has 0 atom stereocenters. The summed E-state index contributed by atoms with van der Waals surface area (Å²) in [5.74, 6) is 1.14. The zero-order valence-electron chi connectivity index (χ0n) is 10.1. The van der Waals surface area contributed by atoms with Gasteiger partial charge in [0.2, 0.25) is 0 Å². The molecule has 2 aromatic rings. The zero-order chi connectivity index (χ0) is 14.1. The fraction of sp³-hybridized carbons (Fsp3) is 0. The van der Waals surface area contributed by atoms with E-state index in [2.05, 4.69) is 5.32 Å². The quantitative estimate of drug-likeness (QED) is 0.668. The van der Waals surface area contributed by atoms with Crippen LogP contribution < -0.4 is 5.32 Å². The summed E-state index contributed by atoms with van der Waals surface area (Å²) in [6.45, 7) is 0. The third-order valence-electron chi connectivity index (χ3n) is 2.67. The first kappa shape index (κ1) is 13.4. The van der Waals surface area contributed by atoms with Gasteiger partial charge in [-0.2, -0.15) is 0 Å². The lowest BCUT2D eigenvalue weighted by Crippen LogP contribution is -2.17. The van der Waals surface area contributed by atoms with Crippen LogP contribution in [0.3, 0.4) is 0 Å². The fourth-order valence-corrected chi connectivity index (χ4v) is 2.90. The highest BCUT2D eigenvalue weighted by atomic mass is 35.5. The molecule has 0 radical (unpaired) electrons. The number of hydrogen-bond acceptors (Lipinski definition) is 4. The summed E-state index contributed by atoms with van der Waals surface area (Å²) in [5, 5.41) is 3.24. The number of halogens is 1. The molecule has 1 aromatic heterocycles. The van der Waals surface area contributed by atoms with Crippen molar-refractivity contribution in [2.45, 2.75) is 0 Å². The van der Waals surface area contributed by atoms with Gasteiger partial charge in [-0.25, -0.2) is 0 Å². The molecule has 3 rings (SSSR count). The molecule has 20 heavy (non-hydrogen) atoms. The second kappa shape index (κ2) is 5.44. The number of thiocarbonyl (C=S) groups is 1. The van der Waals surface area contributed by atoms with Gasteiger partial charge in [0.05, 0.1) is 4.91 Å². The first-order valence-electron chi connectivity index (χ1n) is 5.72. The van der Waals surface area contributed by atoms with Crippen molar-refractivity contribution in [1.82, 2.24) is 5.32 Å². The third-order valence-corrected chi connectivity index (χ3v) is 4.09. The fourth-order valence-electron chi connectivity index (χ4n) is 1.75. The minimum Gasteiger partial charge on any atom is -0.457 e. The Morgan fingerprint density at radius 1 is 1.20 bits per heavy atom. The Bertz CT molecular complexity index is 719. The number of thioether (sulfide) groups is 1. The van der Waals surface area contributed by atoms with E-state index in [4.69, 9.17) is 28.2 Å². The number of amides is 1. The molecule has 1 aromatic carbocycles. The number of carbonyl (C=O) groups is 1. The van der Waals surface area contributed by atoms with Crippen LogP contribution in [-0.4, -0.2) is 10.2 Å². The van der Waals surface area contributed by atoms with Crippen LogP contribution in [-0.2, 0) is 4.79 Å². The molecular formula is C14H8ClNO2S2. The predicted molar refractivity (Wildman–Crippen MR) is 85.5 cm³/mol. The molecule has 1 fully saturated rings. The largest absolute Gasteiger partial charge is 0.457 e. The van der Waals surface area contributed by atoms with Gasteiger partial charge in [0, 0.05) is 16.7 Å². The monoisotopic (exact) mass is 321 g/mol. The standard InChI is InChI=1S/C14H8ClNO2S2/c15-9-3-1-8(2-4-9)11-6-5-10(18-11)7-12-13(17)16-14(19)20-12/h1-7H,(H,16,17,19)/b12-7-. The molecule has 1 aliphatic heterocycles. The first-order chi connectivity index (χ1) is 9.61. The van der Waals surface area contributed by atoms with E-state index in [-0.39, 0.29) is 5.91 Å². The van der Waals surface area contributed by atoms with Crippen LogP contribution in [0.2, 0.25) is 5.02 Å². The number of rotatable bonds is 2. The number of carbonyl (C=O) groups excluding carboxylic acids is 1. The Labute approximate surface area is 130 Å². The second-order valence-electron chi connectivity index (χ2n) is 4.06. The van der Waals surface area contributed by atoms with Gasteiger partial charge >= 0.3 is 0 Å². The van der Waals surface area contributed by atoms with Crippen LogP contribution in [0.4, 0.5) is 0 Å². The minimum atomic E-state index is -0.190. The molecule has 3 nitrogen and oxygen atoms in total. The molecular weight excluding hydrogens is 314 g/mol. The van der Waals surface area contributed by atoms with E-state index in [1.165, 1.54) is 11.8 Å². The van der Waals surface area contributed by atoms with Gasteiger partial charge in [-0.15, -0.1) is 0 Å². The average Bonchev–Trinajstić information content (AvgIpc) is 2.98. The minimum absolute atomic E-state index is 0.190. The normalized spacial score (nSPS) is 16.8. The van der Waals surface area contributed by atoms with E-state index in [0.29, 0.717) is 20.0 Å². The highest BCUT2D eigenvalue weighted by molar-refractivity contribution is 8.26. The first-order valence-corrected chi connectivity index (χ1v) is 7.33. The molecule has 0 spiro atoms. The lowest BCUT2D eigenvalue weighted by molar-refractivity contribution is -0.115. The zero-order valence-corrected chi connectivity index (χ0v) is 12.4. The Kier molecular flexibility index (Phi) is 3.65. The topological polar surface area (TPSA) is 42.2 Å². The van der Waals surface area contributed by atoms with Crippen molar-refractivity contribution in [3.8, 4) is 11.3 Å². The summed E-state index contributed by atoms with van der Waals surface area (Å²) in [7, 11) is 0. The molecule has 100 valence electrons. The van der Waals surface area contributed by atoms with Crippen molar-refractivity contribution >= 4 is 51.9 Å². The van der Waals surface area contributed by atoms with Gasteiger partial charge in [0.25, 0.3) is 5.91 Å². The SMILES string of the molecule is O=C1NC(=S)S/C1=C\c1ccc(-c2ccc(Cl)cc2)o1. The molecule has 0 bridgehead atoms. The summed E-state index contributed by atoms with van der Waals surface area (Å²) in [4.78, 5) is 12.1. The summed E-state index contributed by atoms with van der Waals surface area (Å²) in [6, 6.07) is 11.0. The van der Waals surface area contributed by atoms with E-state index in [0.717, 1.165) is 11.3 Å². The lowest BCUT2D eigenvalue weighted by atomic mass is 10.2. The molecule has 0 saturated carbocycles. The summed E-state index contributed by atoms with van der Waals surface area (Å²) in [5.41, 5.74) is 0.929. The van der Waals surface area contributed by atoms with Crippen molar-refractivity contribution in [2.24, 2.45) is 0 Å². The summed E-state index contributed by atoms with van der Waals surface area (Å²) < 4.78 is 6.16. The number of benzene rings is 1. The highest BCUT2D eigenvalue weighted by Crippen LogP contribution is 2.29. The smallest absolute Gasteiger partial charge is 0.263 e. The van der Waals surface area contributed by atoms with Crippen LogP contribution >= 0.6 is 35.6 Å². The van der Waals surface area contributed by atoms with Crippen molar-refractivity contribution < 1.29 is 9.21 Å². The Morgan fingerprint density at radius 3 is 2.60 bits per heavy atom. The number of furan rings is 1. The van der Waals surface area contributed by atoms with Crippen molar-refractivity contribution in [3.63, 3.8) is 0 Å². The summed E-state index contributed by atoms with van der Waals surface area (Å²) in [6.07, 6.45) is 1.68. The Morgan fingerprint density at radius 2 is 1.95 bits per heavy atom. The van der Waals surface area contributed by atoms with Gasteiger partial charge < -0.3 is 9.73 Å². The van der Waals surface area contributed by atoms with Crippen molar-refractivity contribution in [1.29, 1.82) is 0 Å². The second-order valence-corrected chi connectivity index (χ2v) is 6.22. The van der Waals surface area contributed by atoms with E-state index in [1.54, 1.807) is 18.2 Å². The predicted octanol–water partition coefficient (Wildman–Crippen LogP) is 4.09. The van der Waals surface area contributed by atoms with E-state index < -0.39 is 0 Å². The molecule has 1 aliphatic rings. The Hall–Kier alpha value is -1.56. The maximum Gasteiger partial charge on any atom is 0.263 e. The molecule has 2 heterocycles. The van der Waals surface area contributed by atoms with Crippen LogP contribution in [0.5, 0.6) is 0 Å². The maximum atomic E-state index is 11.6. The van der Waals surface area contributed by atoms with E-state index >= 15 is 0 Å².